The maximum Gasteiger partial charge on any atom is 0.327 e. The molecule has 25 heavy (non-hydrogen) atoms. The number of anilines is 3. The van der Waals surface area contributed by atoms with Crippen LogP contribution in [0.3, 0.4) is 0 Å². The second-order valence-corrected chi connectivity index (χ2v) is 6.11. The summed E-state index contributed by atoms with van der Waals surface area (Å²) < 4.78 is 0. The minimum Gasteiger partial charge on any atom is -0.324 e. The van der Waals surface area contributed by atoms with E-state index in [0.717, 1.165) is 0 Å². The maximum atomic E-state index is 13.2. The van der Waals surface area contributed by atoms with E-state index in [2.05, 4.69) is 30.8 Å². The Balaban J connectivity index is 2.03. The molecule has 9 nitrogen and oxygen atoms in total. The van der Waals surface area contributed by atoms with Gasteiger partial charge in [0.2, 0.25) is 5.91 Å². The highest BCUT2D eigenvalue weighted by Crippen LogP contribution is 2.53. The molecule has 2 aromatic heterocycles. The SMILES string of the molecule is Cc1[nH]nc2c1[C@]1(C(=O)Nc3ccccc31)c1c([nH]c(=O)[nH]c1=O)N2. The second-order valence-electron chi connectivity index (χ2n) is 6.11. The number of H-pyrrole nitrogens is 3. The monoisotopic (exact) mass is 336 g/mol. The number of amides is 1. The van der Waals surface area contributed by atoms with E-state index in [1.807, 2.05) is 0 Å². The molecule has 1 aromatic carbocycles. The third kappa shape index (κ3) is 1.47. The number of benzene rings is 1. The topological polar surface area (TPSA) is 136 Å². The Morgan fingerprint density at radius 3 is 2.64 bits per heavy atom. The van der Waals surface area contributed by atoms with Crippen LogP contribution in [-0.4, -0.2) is 26.1 Å². The molecule has 5 N–H and O–H groups in total. The first-order chi connectivity index (χ1) is 12.0. The van der Waals surface area contributed by atoms with Gasteiger partial charge in [0.05, 0.1) is 5.56 Å². The Morgan fingerprint density at radius 2 is 1.80 bits per heavy atom. The van der Waals surface area contributed by atoms with E-state index < -0.39 is 16.7 Å². The Bertz CT molecular complexity index is 1190. The molecule has 0 radical (unpaired) electrons. The molecule has 5 rings (SSSR count). The number of nitrogens with one attached hydrogen (secondary N) is 5. The van der Waals surface area contributed by atoms with Crippen LogP contribution in [0.1, 0.15) is 22.4 Å². The first kappa shape index (κ1) is 13.8. The summed E-state index contributed by atoms with van der Waals surface area (Å²) in [6.07, 6.45) is 0. The largest absolute Gasteiger partial charge is 0.327 e. The summed E-state index contributed by atoms with van der Waals surface area (Å²) in [6.45, 7) is 1.79. The Morgan fingerprint density at radius 1 is 1.00 bits per heavy atom. The lowest BCUT2D eigenvalue weighted by Crippen LogP contribution is -2.46. The van der Waals surface area contributed by atoms with Gasteiger partial charge in [-0.15, -0.1) is 0 Å². The van der Waals surface area contributed by atoms with E-state index in [4.69, 9.17) is 0 Å². The van der Waals surface area contributed by atoms with Gasteiger partial charge in [-0.3, -0.25) is 24.7 Å². The average Bonchev–Trinajstić information content (AvgIpc) is 3.06. The van der Waals surface area contributed by atoms with Crippen molar-refractivity contribution in [3.63, 3.8) is 0 Å². The number of aromatic amines is 3. The van der Waals surface area contributed by atoms with Crippen LogP contribution in [0.15, 0.2) is 33.9 Å². The fourth-order valence-electron chi connectivity index (χ4n) is 3.91. The Hall–Kier alpha value is -3.62. The summed E-state index contributed by atoms with van der Waals surface area (Å²) in [7, 11) is 0. The minimum absolute atomic E-state index is 0.145. The molecule has 0 aliphatic carbocycles. The molecule has 4 heterocycles. The van der Waals surface area contributed by atoms with Crippen molar-refractivity contribution in [3.05, 3.63) is 67.5 Å². The van der Waals surface area contributed by atoms with Crippen molar-refractivity contribution < 1.29 is 4.79 Å². The number of para-hydroxylation sites is 1. The molecule has 2 aliphatic heterocycles. The molecule has 0 unspecified atom stereocenters. The number of aromatic nitrogens is 4. The van der Waals surface area contributed by atoms with Crippen molar-refractivity contribution in [2.24, 2.45) is 0 Å². The first-order valence-electron chi connectivity index (χ1n) is 7.64. The number of fused-ring (bicyclic) bond motifs is 6. The number of aryl methyl sites for hydroxylation is 1. The predicted octanol–water partition coefficient (Wildman–Crippen LogP) is 0.438. The molecular formula is C16H12N6O3. The van der Waals surface area contributed by atoms with Crippen LogP contribution in [0.25, 0.3) is 0 Å². The van der Waals surface area contributed by atoms with E-state index in [9.17, 15) is 14.4 Å². The van der Waals surface area contributed by atoms with Gasteiger partial charge in [-0.2, -0.15) is 5.10 Å². The highest BCUT2D eigenvalue weighted by molar-refractivity contribution is 6.13. The van der Waals surface area contributed by atoms with Crippen LogP contribution in [0.4, 0.5) is 17.3 Å². The molecule has 1 amide bonds. The fourth-order valence-corrected chi connectivity index (χ4v) is 3.91. The smallest absolute Gasteiger partial charge is 0.324 e. The normalized spacial score (nSPS) is 19.8. The third-order valence-corrected chi connectivity index (χ3v) is 4.80. The molecule has 0 fully saturated rings. The average molecular weight is 336 g/mol. The summed E-state index contributed by atoms with van der Waals surface area (Å²) >= 11 is 0. The van der Waals surface area contributed by atoms with Crippen molar-refractivity contribution in [3.8, 4) is 0 Å². The van der Waals surface area contributed by atoms with Crippen LogP contribution in [0.2, 0.25) is 0 Å². The third-order valence-electron chi connectivity index (χ3n) is 4.80. The standard InChI is InChI=1S/C16H12N6O3/c1-6-9-12(22-21-6)18-11-10(13(23)20-15(25)19-11)16(9)7-4-2-3-5-8(7)17-14(16)24/h2-5H,1H3,(H,17,24)(H4,18,19,20,21,22,23,25)/t16-/m0/s1. The number of hydrogen-bond acceptors (Lipinski definition) is 5. The van der Waals surface area contributed by atoms with Gasteiger partial charge >= 0.3 is 5.69 Å². The maximum absolute atomic E-state index is 13.2. The molecular weight excluding hydrogens is 324 g/mol. The van der Waals surface area contributed by atoms with Crippen molar-refractivity contribution in [1.82, 2.24) is 20.2 Å². The molecule has 9 heteroatoms. The van der Waals surface area contributed by atoms with E-state index in [0.29, 0.717) is 28.3 Å². The van der Waals surface area contributed by atoms with E-state index in [1.165, 1.54) is 0 Å². The summed E-state index contributed by atoms with van der Waals surface area (Å²) in [4.78, 5) is 42.4. The minimum atomic E-state index is -1.39. The van der Waals surface area contributed by atoms with Crippen molar-refractivity contribution in [1.29, 1.82) is 0 Å². The van der Waals surface area contributed by atoms with Gasteiger partial charge in [0.25, 0.3) is 5.56 Å². The second kappa shape index (κ2) is 4.26. The zero-order valence-electron chi connectivity index (χ0n) is 13.0. The molecule has 0 bridgehead atoms. The highest BCUT2D eigenvalue weighted by atomic mass is 16.2. The Kier molecular flexibility index (Phi) is 2.35. The zero-order valence-corrected chi connectivity index (χ0v) is 13.0. The van der Waals surface area contributed by atoms with Crippen LogP contribution < -0.4 is 21.9 Å². The quantitative estimate of drug-likeness (QED) is 0.406. The zero-order chi connectivity index (χ0) is 17.3. The lowest BCUT2D eigenvalue weighted by atomic mass is 9.69. The van der Waals surface area contributed by atoms with Crippen molar-refractivity contribution in [2.45, 2.75) is 12.3 Å². The van der Waals surface area contributed by atoms with Gasteiger partial charge < -0.3 is 10.6 Å². The number of nitrogens with zero attached hydrogens (tertiary/aromatic N) is 1. The molecule has 124 valence electrons. The van der Waals surface area contributed by atoms with Gasteiger partial charge in [-0.1, -0.05) is 18.2 Å². The molecule has 0 saturated carbocycles. The molecule has 0 saturated heterocycles. The van der Waals surface area contributed by atoms with Crippen LogP contribution in [0, 0.1) is 6.92 Å². The number of carbonyl (C=O) groups is 1. The number of carbonyl (C=O) groups excluding carboxylic acids is 1. The lowest BCUT2D eigenvalue weighted by molar-refractivity contribution is -0.118. The van der Waals surface area contributed by atoms with Crippen molar-refractivity contribution >= 4 is 23.2 Å². The molecule has 3 aromatic rings. The van der Waals surface area contributed by atoms with Gasteiger partial charge in [0.1, 0.15) is 11.2 Å². The molecule has 1 atom stereocenters. The molecule has 2 aliphatic rings. The highest BCUT2D eigenvalue weighted by Gasteiger charge is 2.57. The molecule has 1 spiro atoms. The van der Waals surface area contributed by atoms with Crippen LogP contribution in [0.5, 0.6) is 0 Å². The van der Waals surface area contributed by atoms with Gasteiger partial charge in [0.15, 0.2) is 5.82 Å². The van der Waals surface area contributed by atoms with Gasteiger partial charge in [-0.05, 0) is 13.0 Å². The number of rotatable bonds is 0. The lowest BCUT2D eigenvalue weighted by Gasteiger charge is -2.33. The fraction of sp³-hybridized carbons (Fsp3) is 0.125. The Labute approximate surface area is 139 Å². The van der Waals surface area contributed by atoms with Gasteiger partial charge in [0, 0.05) is 22.5 Å². The van der Waals surface area contributed by atoms with Crippen LogP contribution >= 0.6 is 0 Å². The van der Waals surface area contributed by atoms with E-state index in [1.54, 1.807) is 31.2 Å². The van der Waals surface area contributed by atoms with E-state index >= 15 is 0 Å². The summed E-state index contributed by atoms with van der Waals surface area (Å²) in [5.41, 5.74) is -0.0275. The summed E-state index contributed by atoms with van der Waals surface area (Å²) in [6, 6.07) is 7.18. The number of hydrogen-bond donors (Lipinski definition) is 5. The summed E-state index contributed by atoms with van der Waals surface area (Å²) in [5.74, 6) is 0.206. The van der Waals surface area contributed by atoms with Crippen LogP contribution in [-0.2, 0) is 10.2 Å². The van der Waals surface area contributed by atoms with Crippen molar-refractivity contribution in [2.75, 3.05) is 10.6 Å². The predicted molar refractivity (Wildman–Crippen MR) is 89.2 cm³/mol. The first-order valence-corrected chi connectivity index (χ1v) is 7.64. The van der Waals surface area contributed by atoms with Gasteiger partial charge in [-0.25, -0.2) is 4.79 Å². The van der Waals surface area contributed by atoms with E-state index in [-0.39, 0.29) is 17.3 Å². The summed E-state index contributed by atoms with van der Waals surface area (Å²) in [5, 5.41) is 12.8.